The third kappa shape index (κ3) is 2.85. The van der Waals surface area contributed by atoms with Crippen LogP contribution in [0.2, 0.25) is 0 Å². The van der Waals surface area contributed by atoms with Crippen LogP contribution >= 0.6 is 11.6 Å². The highest BCUT2D eigenvalue weighted by Gasteiger charge is 2.20. The van der Waals surface area contributed by atoms with Crippen LogP contribution in [0.4, 0.5) is 0 Å². The van der Waals surface area contributed by atoms with Gasteiger partial charge in [-0.3, -0.25) is 4.68 Å². The zero-order valence-electron chi connectivity index (χ0n) is 13.0. The van der Waals surface area contributed by atoms with Gasteiger partial charge in [0.1, 0.15) is 11.3 Å². The number of rotatable bonds is 7. The summed E-state index contributed by atoms with van der Waals surface area (Å²) in [6.07, 6.45) is 5.87. The van der Waals surface area contributed by atoms with E-state index in [0.29, 0.717) is 0 Å². The number of nitrogens with zero attached hydrogens (tertiary/aromatic N) is 4. The molecule has 0 aliphatic carbocycles. The second-order valence-electron chi connectivity index (χ2n) is 5.39. The Morgan fingerprint density at radius 1 is 1.20 bits per heavy atom. The van der Waals surface area contributed by atoms with Gasteiger partial charge in [-0.1, -0.05) is 33.1 Å². The predicted octanol–water partition coefficient (Wildman–Crippen LogP) is 4.21. The van der Waals surface area contributed by atoms with E-state index < -0.39 is 0 Å². The number of aromatic nitrogens is 4. The van der Waals surface area contributed by atoms with Crippen LogP contribution in [0, 0.1) is 0 Å². The smallest absolute Gasteiger partial charge is 0.158 e. The summed E-state index contributed by atoms with van der Waals surface area (Å²) in [6.45, 7) is 7.32. The van der Waals surface area contributed by atoms with Gasteiger partial charge in [-0.2, -0.15) is 5.10 Å². The van der Waals surface area contributed by atoms with E-state index in [1.54, 1.807) is 0 Å². The summed E-state index contributed by atoms with van der Waals surface area (Å²) in [6, 6.07) is 0. The first-order chi connectivity index (χ1) is 9.60. The Bertz CT molecular complexity index is 568. The average Bonchev–Trinajstić information content (AvgIpc) is 2.93. The molecule has 112 valence electrons. The maximum Gasteiger partial charge on any atom is 0.158 e. The van der Waals surface area contributed by atoms with Gasteiger partial charge in [-0.05, 0) is 19.8 Å². The van der Waals surface area contributed by atoms with Gasteiger partial charge in [0.2, 0.25) is 0 Å². The van der Waals surface area contributed by atoms with Crippen LogP contribution in [-0.2, 0) is 20.0 Å². The van der Waals surface area contributed by atoms with Gasteiger partial charge in [0.25, 0.3) is 0 Å². The Morgan fingerprint density at radius 3 is 2.55 bits per heavy atom. The zero-order valence-corrected chi connectivity index (χ0v) is 13.7. The Balaban J connectivity index is 2.37. The minimum Gasteiger partial charge on any atom is -0.312 e. The third-order valence-corrected chi connectivity index (χ3v) is 3.94. The minimum absolute atomic E-state index is 0.0710. The fourth-order valence-corrected chi connectivity index (χ4v) is 2.88. The molecule has 2 aromatic heterocycles. The fraction of sp³-hybridized carbons (Fsp3) is 0.733. The Morgan fingerprint density at radius 2 is 1.95 bits per heavy atom. The summed E-state index contributed by atoms with van der Waals surface area (Å²) in [5.41, 5.74) is 3.20. The predicted molar refractivity (Wildman–Crippen MR) is 84.3 cm³/mol. The maximum absolute atomic E-state index is 6.31. The van der Waals surface area contributed by atoms with Crippen molar-refractivity contribution in [1.82, 2.24) is 19.3 Å². The van der Waals surface area contributed by atoms with Gasteiger partial charge in [-0.25, -0.2) is 4.98 Å². The summed E-state index contributed by atoms with van der Waals surface area (Å²) < 4.78 is 4.21. The number of aryl methyl sites for hydroxylation is 3. The number of hydrogen-bond acceptors (Lipinski definition) is 2. The van der Waals surface area contributed by atoms with Gasteiger partial charge < -0.3 is 4.57 Å². The monoisotopic (exact) mass is 296 g/mol. The summed E-state index contributed by atoms with van der Waals surface area (Å²) >= 11 is 6.31. The first kappa shape index (κ1) is 15.4. The molecule has 0 saturated heterocycles. The van der Waals surface area contributed by atoms with Gasteiger partial charge in [0, 0.05) is 13.6 Å². The van der Waals surface area contributed by atoms with Crippen LogP contribution in [-0.4, -0.2) is 19.3 Å². The summed E-state index contributed by atoms with van der Waals surface area (Å²) in [4.78, 5) is 4.75. The average molecular weight is 297 g/mol. The molecule has 0 N–H and O–H groups in total. The lowest BCUT2D eigenvalue weighted by Gasteiger charge is -2.10. The molecule has 0 aromatic carbocycles. The second kappa shape index (κ2) is 6.61. The molecule has 1 atom stereocenters. The molecule has 2 rings (SSSR count). The van der Waals surface area contributed by atoms with E-state index in [4.69, 9.17) is 16.6 Å². The molecule has 4 nitrogen and oxygen atoms in total. The van der Waals surface area contributed by atoms with E-state index in [1.165, 1.54) is 25.7 Å². The molecule has 0 radical (unpaired) electrons. The van der Waals surface area contributed by atoms with Crippen molar-refractivity contribution >= 4 is 22.8 Å². The molecule has 0 bridgehead atoms. The number of imidazole rings is 1. The number of fused-ring (bicyclic) bond motifs is 1. The van der Waals surface area contributed by atoms with Crippen molar-refractivity contribution in [3.05, 3.63) is 11.5 Å². The molecule has 2 heterocycles. The number of halogens is 1. The van der Waals surface area contributed by atoms with Gasteiger partial charge in [-0.15, -0.1) is 11.6 Å². The molecule has 0 amide bonds. The highest BCUT2D eigenvalue weighted by molar-refractivity contribution is 6.20. The first-order valence-electron chi connectivity index (χ1n) is 7.66. The summed E-state index contributed by atoms with van der Waals surface area (Å²) in [5.74, 6) is 0.973. The van der Waals surface area contributed by atoms with Crippen LogP contribution in [0.5, 0.6) is 0 Å². The SMILES string of the molecule is CCCCCCn1c(C(C)Cl)nc2c(CC)nn(C)c21. The fourth-order valence-electron chi connectivity index (χ4n) is 2.72. The number of alkyl halides is 1. The lowest BCUT2D eigenvalue weighted by molar-refractivity contribution is 0.563. The van der Waals surface area contributed by atoms with E-state index in [1.807, 2.05) is 18.7 Å². The largest absolute Gasteiger partial charge is 0.312 e. The molecule has 0 fully saturated rings. The van der Waals surface area contributed by atoms with Crippen molar-refractivity contribution in [3.8, 4) is 0 Å². The van der Waals surface area contributed by atoms with E-state index in [-0.39, 0.29) is 5.38 Å². The molecule has 2 aromatic rings. The van der Waals surface area contributed by atoms with E-state index >= 15 is 0 Å². The molecule has 1 unspecified atom stereocenters. The van der Waals surface area contributed by atoms with Crippen LogP contribution in [0.1, 0.15) is 63.3 Å². The van der Waals surface area contributed by atoms with Crippen LogP contribution in [0.25, 0.3) is 11.2 Å². The van der Waals surface area contributed by atoms with Crippen molar-refractivity contribution in [2.24, 2.45) is 7.05 Å². The van der Waals surface area contributed by atoms with Crippen LogP contribution in [0.15, 0.2) is 0 Å². The summed E-state index contributed by atoms with van der Waals surface area (Å²) in [7, 11) is 1.99. The van der Waals surface area contributed by atoms with Gasteiger partial charge in [0.15, 0.2) is 5.65 Å². The number of unbranched alkanes of at least 4 members (excludes halogenated alkanes) is 3. The molecule has 0 aliphatic heterocycles. The summed E-state index contributed by atoms with van der Waals surface area (Å²) in [5, 5.41) is 4.49. The first-order valence-corrected chi connectivity index (χ1v) is 8.09. The van der Waals surface area contributed by atoms with E-state index in [0.717, 1.165) is 35.6 Å². The van der Waals surface area contributed by atoms with Crippen LogP contribution in [0.3, 0.4) is 0 Å². The van der Waals surface area contributed by atoms with Gasteiger partial charge in [0.05, 0.1) is 11.1 Å². The van der Waals surface area contributed by atoms with E-state index in [9.17, 15) is 0 Å². The molecule has 20 heavy (non-hydrogen) atoms. The quantitative estimate of drug-likeness (QED) is 0.567. The Kier molecular flexibility index (Phi) is 5.08. The molecular weight excluding hydrogens is 272 g/mol. The standard InChI is InChI=1S/C15H25ClN4/c1-5-7-8-9-10-20-14(11(3)16)17-13-12(6-2)18-19(4)15(13)20/h11H,5-10H2,1-4H3. The van der Waals surface area contributed by atoms with Crippen molar-refractivity contribution in [3.63, 3.8) is 0 Å². The van der Waals surface area contributed by atoms with Crippen LogP contribution < -0.4 is 0 Å². The molecule has 0 saturated carbocycles. The van der Waals surface area contributed by atoms with Crippen molar-refractivity contribution in [2.45, 2.75) is 64.8 Å². The van der Waals surface area contributed by atoms with Crippen molar-refractivity contribution in [2.75, 3.05) is 0 Å². The van der Waals surface area contributed by atoms with E-state index in [2.05, 4.69) is 23.5 Å². The van der Waals surface area contributed by atoms with Gasteiger partial charge >= 0.3 is 0 Å². The number of hydrogen-bond donors (Lipinski definition) is 0. The van der Waals surface area contributed by atoms with Crippen molar-refractivity contribution < 1.29 is 0 Å². The molecule has 5 heteroatoms. The van der Waals surface area contributed by atoms with Crippen molar-refractivity contribution in [1.29, 1.82) is 0 Å². The second-order valence-corrected chi connectivity index (χ2v) is 6.05. The lowest BCUT2D eigenvalue weighted by atomic mass is 10.2. The Hall–Kier alpha value is -1.03. The molecule has 0 spiro atoms. The highest BCUT2D eigenvalue weighted by atomic mass is 35.5. The topological polar surface area (TPSA) is 35.6 Å². The lowest BCUT2D eigenvalue weighted by Crippen LogP contribution is -2.08. The Labute approximate surface area is 126 Å². The minimum atomic E-state index is -0.0710. The third-order valence-electron chi connectivity index (χ3n) is 3.75. The molecular formula is C15H25ClN4. The zero-order chi connectivity index (χ0) is 14.7. The molecule has 0 aliphatic rings. The highest BCUT2D eigenvalue weighted by Crippen LogP contribution is 2.27. The normalized spacial score (nSPS) is 13.2. The maximum atomic E-state index is 6.31.